The molecule has 0 bridgehead atoms. The van der Waals surface area contributed by atoms with Gasteiger partial charge in [-0.1, -0.05) is 29.8 Å². The highest BCUT2D eigenvalue weighted by molar-refractivity contribution is 7.89. The van der Waals surface area contributed by atoms with Gasteiger partial charge in [-0.25, -0.2) is 13.1 Å². The molecule has 0 unspecified atom stereocenters. The molecule has 0 aliphatic rings. The molecule has 0 aliphatic heterocycles. The van der Waals surface area contributed by atoms with Gasteiger partial charge in [0.1, 0.15) is 0 Å². The van der Waals surface area contributed by atoms with Crippen LogP contribution in [0.2, 0.25) is 5.02 Å². The van der Waals surface area contributed by atoms with Crippen LogP contribution in [0.15, 0.2) is 41.3 Å². The van der Waals surface area contributed by atoms with E-state index in [4.69, 9.17) is 17.3 Å². The zero-order valence-electron chi connectivity index (χ0n) is 11.9. The maximum atomic E-state index is 12.5. The maximum Gasteiger partial charge on any atom is 0.241 e. The van der Waals surface area contributed by atoms with E-state index in [-0.39, 0.29) is 11.4 Å². The van der Waals surface area contributed by atoms with E-state index < -0.39 is 10.0 Å². The van der Waals surface area contributed by atoms with Gasteiger partial charge in [0.2, 0.25) is 10.0 Å². The normalized spacial score (nSPS) is 11.6. The highest BCUT2D eigenvalue weighted by Gasteiger charge is 2.20. The summed E-state index contributed by atoms with van der Waals surface area (Å²) in [5.74, 6) is 0. The van der Waals surface area contributed by atoms with E-state index in [1.807, 2.05) is 6.07 Å². The Morgan fingerprint density at radius 3 is 2.29 bits per heavy atom. The number of aryl methyl sites for hydroxylation is 2. The second-order valence-electron chi connectivity index (χ2n) is 4.90. The Kier molecular flexibility index (Phi) is 4.56. The number of sulfonamides is 1. The third kappa shape index (κ3) is 3.56. The molecule has 4 nitrogen and oxygen atoms in total. The molecular formula is C15H17ClN2O2S. The number of nitrogens with two attached hydrogens (primary N) is 1. The molecule has 2 rings (SSSR count). The van der Waals surface area contributed by atoms with Crippen LogP contribution in [-0.4, -0.2) is 8.42 Å². The first kappa shape index (κ1) is 15.8. The Morgan fingerprint density at radius 2 is 1.71 bits per heavy atom. The largest absolute Gasteiger partial charge is 0.399 e. The van der Waals surface area contributed by atoms with E-state index in [9.17, 15) is 8.42 Å². The molecule has 0 aliphatic carbocycles. The molecule has 0 saturated carbocycles. The average Bonchev–Trinajstić information content (AvgIpc) is 2.36. The van der Waals surface area contributed by atoms with E-state index in [0.29, 0.717) is 21.8 Å². The summed E-state index contributed by atoms with van der Waals surface area (Å²) in [4.78, 5) is 0.267. The van der Waals surface area contributed by atoms with Gasteiger partial charge in [-0.2, -0.15) is 0 Å². The number of rotatable bonds is 4. The van der Waals surface area contributed by atoms with Gasteiger partial charge in [0.15, 0.2) is 0 Å². The molecule has 2 aromatic rings. The van der Waals surface area contributed by atoms with Crippen molar-refractivity contribution in [1.82, 2.24) is 4.72 Å². The smallest absolute Gasteiger partial charge is 0.241 e. The van der Waals surface area contributed by atoms with Gasteiger partial charge in [-0.15, -0.1) is 0 Å². The van der Waals surface area contributed by atoms with Crippen LogP contribution in [0.4, 0.5) is 5.69 Å². The SMILES string of the molecule is Cc1cc(N)cc(C)c1S(=O)(=O)NCc1ccccc1Cl. The number of hydrogen-bond acceptors (Lipinski definition) is 3. The van der Waals surface area contributed by atoms with Crippen LogP contribution in [0.3, 0.4) is 0 Å². The molecule has 0 fully saturated rings. The van der Waals surface area contributed by atoms with Crippen molar-refractivity contribution in [1.29, 1.82) is 0 Å². The van der Waals surface area contributed by atoms with Gasteiger partial charge in [-0.3, -0.25) is 0 Å². The summed E-state index contributed by atoms with van der Waals surface area (Å²) in [5, 5.41) is 0.533. The van der Waals surface area contributed by atoms with Crippen molar-refractivity contribution in [3.8, 4) is 0 Å². The van der Waals surface area contributed by atoms with Crippen molar-refractivity contribution < 1.29 is 8.42 Å². The van der Waals surface area contributed by atoms with Crippen LogP contribution in [0.1, 0.15) is 16.7 Å². The van der Waals surface area contributed by atoms with E-state index in [1.165, 1.54) is 0 Å². The third-order valence-electron chi connectivity index (χ3n) is 3.16. The summed E-state index contributed by atoms with van der Waals surface area (Å²) in [5.41, 5.74) is 8.25. The van der Waals surface area contributed by atoms with E-state index >= 15 is 0 Å². The zero-order chi connectivity index (χ0) is 15.6. The van der Waals surface area contributed by atoms with E-state index in [0.717, 1.165) is 5.56 Å². The Bertz CT molecular complexity index is 750. The number of nitrogens with one attached hydrogen (secondary N) is 1. The number of halogens is 1. The second-order valence-corrected chi connectivity index (χ2v) is 7.01. The summed E-state index contributed by atoms with van der Waals surface area (Å²) in [6.45, 7) is 3.60. The lowest BCUT2D eigenvalue weighted by molar-refractivity contribution is 0.580. The van der Waals surface area contributed by atoms with Crippen LogP contribution >= 0.6 is 11.6 Å². The Balaban J connectivity index is 2.30. The fourth-order valence-corrected chi connectivity index (χ4v) is 3.95. The van der Waals surface area contributed by atoms with Crippen molar-refractivity contribution in [3.63, 3.8) is 0 Å². The van der Waals surface area contributed by atoms with Gasteiger partial charge in [-0.05, 0) is 48.7 Å². The number of hydrogen-bond donors (Lipinski definition) is 2. The van der Waals surface area contributed by atoms with Gasteiger partial charge in [0.25, 0.3) is 0 Å². The van der Waals surface area contributed by atoms with Gasteiger partial charge < -0.3 is 5.73 Å². The lowest BCUT2D eigenvalue weighted by atomic mass is 10.1. The summed E-state index contributed by atoms with van der Waals surface area (Å²) in [6, 6.07) is 10.4. The van der Waals surface area contributed by atoms with Crippen LogP contribution in [0, 0.1) is 13.8 Å². The Labute approximate surface area is 130 Å². The van der Waals surface area contributed by atoms with Crippen molar-refractivity contribution in [3.05, 3.63) is 58.1 Å². The number of benzene rings is 2. The number of anilines is 1. The summed E-state index contributed by atoms with van der Waals surface area (Å²) in [7, 11) is -3.62. The second kappa shape index (κ2) is 6.05. The molecule has 0 heterocycles. The molecule has 3 N–H and O–H groups in total. The minimum atomic E-state index is -3.62. The number of nitrogen functional groups attached to an aromatic ring is 1. The third-order valence-corrected chi connectivity index (χ3v) is 5.24. The van der Waals surface area contributed by atoms with Crippen molar-refractivity contribution >= 4 is 27.3 Å². The Morgan fingerprint density at radius 1 is 1.14 bits per heavy atom. The van der Waals surface area contributed by atoms with Gasteiger partial charge >= 0.3 is 0 Å². The van der Waals surface area contributed by atoms with Gasteiger partial charge in [0, 0.05) is 17.3 Å². The van der Waals surface area contributed by atoms with Crippen molar-refractivity contribution in [2.45, 2.75) is 25.3 Å². The highest BCUT2D eigenvalue weighted by Crippen LogP contribution is 2.23. The maximum absolute atomic E-state index is 12.5. The molecule has 0 radical (unpaired) electrons. The highest BCUT2D eigenvalue weighted by atomic mass is 35.5. The minimum Gasteiger partial charge on any atom is -0.399 e. The molecule has 6 heteroatoms. The molecule has 112 valence electrons. The zero-order valence-corrected chi connectivity index (χ0v) is 13.4. The van der Waals surface area contributed by atoms with Crippen molar-refractivity contribution in [2.75, 3.05) is 5.73 Å². The van der Waals surface area contributed by atoms with Crippen LogP contribution in [-0.2, 0) is 16.6 Å². The van der Waals surface area contributed by atoms with Gasteiger partial charge in [0.05, 0.1) is 4.90 Å². The van der Waals surface area contributed by atoms with E-state index in [1.54, 1.807) is 44.2 Å². The van der Waals surface area contributed by atoms with Crippen LogP contribution in [0.25, 0.3) is 0 Å². The molecule has 0 spiro atoms. The van der Waals surface area contributed by atoms with Crippen LogP contribution < -0.4 is 10.5 Å². The lowest BCUT2D eigenvalue weighted by Gasteiger charge is -2.13. The predicted molar refractivity (Wildman–Crippen MR) is 85.8 cm³/mol. The minimum absolute atomic E-state index is 0.144. The summed E-state index contributed by atoms with van der Waals surface area (Å²) >= 11 is 6.03. The first-order valence-electron chi connectivity index (χ1n) is 6.41. The molecular weight excluding hydrogens is 308 g/mol. The first-order chi connectivity index (χ1) is 9.81. The molecule has 21 heavy (non-hydrogen) atoms. The fourth-order valence-electron chi connectivity index (χ4n) is 2.29. The Hall–Kier alpha value is -1.56. The molecule has 0 saturated heterocycles. The van der Waals surface area contributed by atoms with Crippen molar-refractivity contribution in [2.24, 2.45) is 0 Å². The molecule has 2 aromatic carbocycles. The predicted octanol–water partition coefficient (Wildman–Crippen LogP) is 3.02. The summed E-state index contributed by atoms with van der Waals surface area (Å²) in [6.07, 6.45) is 0. The standard InChI is InChI=1S/C15H17ClN2O2S/c1-10-7-13(17)8-11(2)15(10)21(19,20)18-9-12-5-3-4-6-14(12)16/h3-8,18H,9,17H2,1-2H3. The topological polar surface area (TPSA) is 72.2 Å². The fraction of sp³-hybridized carbons (Fsp3) is 0.200. The van der Waals surface area contributed by atoms with Crippen LogP contribution in [0.5, 0.6) is 0 Å². The monoisotopic (exact) mass is 324 g/mol. The molecule has 0 atom stereocenters. The average molecular weight is 325 g/mol. The van der Waals surface area contributed by atoms with E-state index in [2.05, 4.69) is 4.72 Å². The molecule has 0 aromatic heterocycles. The molecule has 0 amide bonds. The quantitative estimate of drug-likeness (QED) is 0.849. The summed E-state index contributed by atoms with van der Waals surface area (Å²) < 4.78 is 27.5. The first-order valence-corrected chi connectivity index (χ1v) is 8.27. The lowest BCUT2D eigenvalue weighted by Crippen LogP contribution is -2.25.